The third kappa shape index (κ3) is 7.69. The van der Waals surface area contributed by atoms with Crippen molar-refractivity contribution >= 4 is 29.3 Å². The van der Waals surface area contributed by atoms with Crippen LogP contribution in [-0.2, 0) is 14.3 Å². The van der Waals surface area contributed by atoms with Crippen molar-refractivity contribution < 1.29 is 19.1 Å². The maximum atomic E-state index is 12.3. The molecule has 0 aliphatic rings. The summed E-state index contributed by atoms with van der Waals surface area (Å²) in [6.45, 7) is 10.4. The van der Waals surface area contributed by atoms with Crippen LogP contribution in [0.2, 0.25) is 0 Å². The monoisotopic (exact) mass is 349 g/mol. The van der Waals surface area contributed by atoms with Gasteiger partial charge in [0.15, 0.2) is 0 Å². The molecule has 0 aliphatic heterocycles. The quantitative estimate of drug-likeness (QED) is 0.761. The fourth-order valence-corrected chi connectivity index (χ4v) is 2.03. The van der Waals surface area contributed by atoms with E-state index >= 15 is 0 Å². The molecular formula is C18H27N3O4. The van der Waals surface area contributed by atoms with Crippen molar-refractivity contribution in [3.8, 4) is 0 Å². The molecule has 7 heteroatoms. The summed E-state index contributed by atoms with van der Waals surface area (Å²) in [5.74, 6) is -0.596. The van der Waals surface area contributed by atoms with Crippen LogP contribution in [0, 0.1) is 5.92 Å². The number of rotatable bonds is 5. The Labute approximate surface area is 148 Å². The van der Waals surface area contributed by atoms with Gasteiger partial charge in [-0.05, 0) is 51.0 Å². The minimum Gasteiger partial charge on any atom is -0.444 e. The zero-order valence-electron chi connectivity index (χ0n) is 15.6. The molecule has 1 atom stereocenters. The molecule has 0 radical (unpaired) electrons. The Hall–Kier alpha value is -2.57. The predicted molar refractivity (Wildman–Crippen MR) is 97.4 cm³/mol. The summed E-state index contributed by atoms with van der Waals surface area (Å²) in [6, 6.07) is 6.02. The molecule has 0 aliphatic carbocycles. The van der Waals surface area contributed by atoms with Crippen LogP contribution in [0.15, 0.2) is 24.3 Å². The Morgan fingerprint density at radius 1 is 0.960 bits per heavy atom. The summed E-state index contributed by atoms with van der Waals surface area (Å²) in [4.78, 5) is 35.2. The lowest BCUT2D eigenvalue weighted by molar-refractivity contribution is -0.126. The standard InChI is InChI=1S/C18H27N3O4/c1-11(2)15(19-12(3)22)16(23)20-13-7-9-14(10-8-13)21-17(24)25-18(4,5)6/h7-11,15H,1-6H3,(H,19,22)(H,20,23)(H,21,24)/t15-/m0/s1. The Balaban J connectivity index is 2.68. The maximum Gasteiger partial charge on any atom is 0.412 e. The lowest BCUT2D eigenvalue weighted by Gasteiger charge is -2.21. The molecule has 0 saturated carbocycles. The van der Waals surface area contributed by atoms with Crippen LogP contribution in [0.1, 0.15) is 41.5 Å². The van der Waals surface area contributed by atoms with Crippen LogP contribution in [-0.4, -0.2) is 29.6 Å². The average molecular weight is 349 g/mol. The van der Waals surface area contributed by atoms with Gasteiger partial charge in [0.05, 0.1) is 0 Å². The minimum absolute atomic E-state index is 0.0444. The Bertz CT molecular complexity index is 618. The molecule has 0 heterocycles. The van der Waals surface area contributed by atoms with Gasteiger partial charge in [0.25, 0.3) is 0 Å². The summed E-state index contributed by atoms with van der Waals surface area (Å²) >= 11 is 0. The highest BCUT2D eigenvalue weighted by Crippen LogP contribution is 2.16. The fraction of sp³-hybridized carbons (Fsp3) is 0.500. The number of hydrogen-bond acceptors (Lipinski definition) is 4. The first-order valence-electron chi connectivity index (χ1n) is 8.16. The van der Waals surface area contributed by atoms with Gasteiger partial charge in [-0.25, -0.2) is 4.79 Å². The Morgan fingerprint density at radius 2 is 1.44 bits per heavy atom. The van der Waals surface area contributed by atoms with Crippen LogP contribution in [0.5, 0.6) is 0 Å². The van der Waals surface area contributed by atoms with E-state index in [0.29, 0.717) is 11.4 Å². The van der Waals surface area contributed by atoms with Gasteiger partial charge in [-0.15, -0.1) is 0 Å². The van der Waals surface area contributed by atoms with Crippen molar-refractivity contribution in [2.45, 2.75) is 53.2 Å². The number of anilines is 2. The number of benzene rings is 1. The maximum absolute atomic E-state index is 12.3. The summed E-state index contributed by atoms with van der Waals surface area (Å²) in [5.41, 5.74) is 0.540. The van der Waals surface area contributed by atoms with Gasteiger partial charge in [0.1, 0.15) is 11.6 Å². The molecule has 3 N–H and O–H groups in total. The van der Waals surface area contributed by atoms with Crippen molar-refractivity contribution in [3.63, 3.8) is 0 Å². The molecule has 25 heavy (non-hydrogen) atoms. The van der Waals surface area contributed by atoms with Crippen molar-refractivity contribution in [1.82, 2.24) is 5.32 Å². The molecule has 0 spiro atoms. The van der Waals surface area contributed by atoms with Crippen LogP contribution in [0.3, 0.4) is 0 Å². The van der Waals surface area contributed by atoms with Crippen LogP contribution >= 0.6 is 0 Å². The minimum atomic E-state index is -0.614. The number of amides is 3. The van der Waals surface area contributed by atoms with Gasteiger partial charge in [0, 0.05) is 18.3 Å². The highest BCUT2D eigenvalue weighted by atomic mass is 16.6. The van der Waals surface area contributed by atoms with Gasteiger partial charge < -0.3 is 15.4 Å². The molecule has 0 aromatic heterocycles. The summed E-state index contributed by atoms with van der Waals surface area (Å²) < 4.78 is 5.17. The van der Waals surface area contributed by atoms with Crippen LogP contribution in [0.4, 0.5) is 16.2 Å². The third-order valence-corrected chi connectivity index (χ3v) is 3.11. The third-order valence-electron chi connectivity index (χ3n) is 3.11. The van der Waals surface area contributed by atoms with Gasteiger partial charge in [-0.2, -0.15) is 0 Å². The second-order valence-electron chi connectivity index (χ2n) is 7.12. The van der Waals surface area contributed by atoms with E-state index < -0.39 is 17.7 Å². The van der Waals surface area contributed by atoms with Crippen LogP contribution < -0.4 is 16.0 Å². The highest BCUT2D eigenvalue weighted by molar-refractivity contribution is 5.97. The topological polar surface area (TPSA) is 96.5 Å². The van der Waals surface area contributed by atoms with E-state index in [0.717, 1.165) is 0 Å². The van der Waals surface area contributed by atoms with Crippen LogP contribution in [0.25, 0.3) is 0 Å². The molecule has 3 amide bonds. The van der Waals surface area contributed by atoms with Gasteiger partial charge in [-0.3, -0.25) is 14.9 Å². The number of hydrogen-bond donors (Lipinski definition) is 3. The number of carbonyl (C=O) groups is 3. The number of nitrogens with one attached hydrogen (secondary N) is 3. The SMILES string of the molecule is CC(=O)N[C@H](C(=O)Nc1ccc(NC(=O)OC(C)(C)C)cc1)C(C)C. The van der Waals surface area contributed by atoms with Crippen molar-refractivity contribution in [3.05, 3.63) is 24.3 Å². The van der Waals surface area contributed by atoms with Gasteiger partial charge in [-0.1, -0.05) is 13.8 Å². The van der Waals surface area contributed by atoms with E-state index in [9.17, 15) is 14.4 Å². The first-order chi connectivity index (χ1) is 11.5. The number of ether oxygens (including phenoxy) is 1. The summed E-state index contributed by atoms with van der Waals surface area (Å²) in [6.07, 6.45) is -0.546. The van der Waals surface area contributed by atoms with E-state index in [1.165, 1.54) is 6.92 Å². The van der Waals surface area contributed by atoms with Gasteiger partial charge in [0.2, 0.25) is 11.8 Å². The molecule has 1 aromatic rings. The fourth-order valence-electron chi connectivity index (χ4n) is 2.03. The second kappa shape index (κ2) is 8.50. The lowest BCUT2D eigenvalue weighted by atomic mass is 10.0. The summed E-state index contributed by atoms with van der Waals surface area (Å²) in [5, 5.41) is 8.00. The Morgan fingerprint density at radius 3 is 1.84 bits per heavy atom. The van der Waals surface area contributed by atoms with E-state index in [2.05, 4.69) is 16.0 Å². The highest BCUT2D eigenvalue weighted by Gasteiger charge is 2.23. The molecule has 0 fully saturated rings. The summed E-state index contributed by atoms with van der Waals surface area (Å²) in [7, 11) is 0. The van der Waals surface area contributed by atoms with E-state index in [-0.39, 0.29) is 17.7 Å². The lowest BCUT2D eigenvalue weighted by Crippen LogP contribution is -2.46. The van der Waals surface area contributed by atoms with E-state index in [4.69, 9.17) is 4.74 Å². The molecule has 138 valence electrons. The smallest absolute Gasteiger partial charge is 0.412 e. The average Bonchev–Trinajstić information content (AvgIpc) is 2.44. The normalized spacial score (nSPS) is 12.3. The van der Waals surface area contributed by atoms with Crippen molar-refractivity contribution in [2.24, 2.45) is 5.92 Å². The van der Waals surface area contributed by atoms with Gasteiger partial charge >= 0.3 is 6.09 Å². The van der Waals surface area contributed by atoms with E-state index in [1.54, 1.807) is 45.0 Å². The molecule has 7 nitrogen and oxygen atoms in total. The predicted octanol–water partition coefficient (Wildman–Crippen LogP) is 3.13. The number of carbonyl (C=O) groups excluding carboxylic acids is 3. The van der Waals surface area contributed by atoms with Crippen molar-refractivity contribution in [1.29, 1.82) is 0 Å². The van der Waals surface area contributed by atoms with E-state index in [1.807, 2.05) is 13.8 Å². The molecular weight excluding hydrogens is 322 g/mol. The first kappa shape index (κ1) is 20.5. The molecule has 0 bridgehead atoms. The molecule has 0 unspecified atom stereocenters. The molecule has 1 aromatic carbocycles. The first-order valence-corrected chi connectivity index (χ1v) is 8.16. The zero-order valence-corrected chi connectivity index (χ0v) is 15.6. The Kier molecular flexibility index (Phi) is 6.97. The largest absolute Gasteiger partial charge is 0.444 e. The second-order valence-corrected chi connectivity index (χ2v) is 7.12. The zero-order chi connectivity index (χ0) is 19.2. The van der Waals surface area contributed by atoms with Crippen molar-refractivity contribution in [2.75, 3.05) is 10.6 Å². The molecule has 0 saturated heterocycles. The molecule has 1 rings (SSSR count).